The van der Waals surface area contributed by atoms with Crippen molar-refractivity contribution in [1.29, 1.82) is 0 Å². The standard InChI is InChI=1S/C16H17N3OS/c1-12-10-14(21-11-12)16(20)18-7-3-8-19-9-5-13-4-2-6-17-15(13)19/h2,4-6,9-11H,3,7-8H2,1H3,(H,18,20). The molecular weight excluding hydrogens is 282 g/mol. The lowest BCUT2D eigenvalue weighted by molar-refractivity contribution is 0.0957. The Morgan fingerprint density at radius 3 is 3.14 bits per heavy atom. The predicted molar refractivity (Wildman–Crippen MR) is 85.7 cm³/mol. The summed E-state index contributed by atoms with van der Waals surface area (Å²) in [5.41, 5.74) is 2.13. The Balaban J connectivity index is 1.51. The minimum Gasteiger partial charge on any atom is -0.351 e. The molecule has 0 unspecified atom stereocenters. The third kappa shape index (κ3) is 3.13. The van der Waals surface area contributed by atoms with Gasteiger partial charge in [0.1, 0.15) is 5.65 Å². The Bertz CT molecular complexity index is 760. The maximum Gasteiger partial charge on any atom is 0.261 e. The molecule has 0 radical (unpaired) electrons. The summed E-state index contributed by atoms with van der Waals surface area (Å²) in [7, 11) is 0. The van der Waals surface area contributed by atoms with Crippen LogP contribution in [-0.2, 0) is 6.54 Å². The number of hydrogen-bond donors (Lipinski definition) is 1. The van der Waals surface area contributed by atoms with E-state index in [0.29, 0.717) is 6.54 Å². The molecule has 21 heavy (non-hydrogen) atoms. The van der Waals surface area contributed by atoms with Gasteiger partial charge in [-0.15, -0.1) is 11.3 Å². The highest BCUT2D eigenvalue weighted by atomic mass is 32.1. The van der Waals surface area contributed by atoms with Crippen LogP contribution in [0.25, 0.3) is 11.0 Å². The van der Waals surface area contributed by atoms with Crippen molar-refractivity contribution in [1.82, 2.24) is 14.9 Å². The molecule has 0 aliphatic rings. The van der Waals surface area contributed by atoms with Gasteiger partial charge in [-0.3, -0.25) is 4.79 Å². The molecule has 0 saturated carbocycles. The van der Waals surface area contributed by atoms with Crippen LogP contribution in [0.1, 0.15) is 21.7 Å². The van der Waals surface area contributed by atoms with E-state index < -0.39 is 0 Å². The number of hydrogen-bond acceptors (Lipinski definition) is 3. The Labute approximate surface area is 127 Å². The normalized spacial score (nSPS) is 10.9. The molecule has 5 heteroatoms. The number of nitrogens with one attached hydrogen (secondary N) is 1. The van der Waals surface area contributed by atoms with Crippen LogP contribution in [0.15, 0.2) is 42.0 Å². The first-order chi connectivity index (χ1) is 10.2. The summed E-state index contributed by atoms with van der Waals surface area (Å²) in [5, 5.41) is 6.10. The maximum absolute atomic E-state index is 11.9. The van der Waals surface area contributed by atoms with Crippen molar-refractivity contribution in [2.24, 2.45) is 0 Å². The molecule has 4 nitrogen and oxygen atoms in total. The molecule has 0 aliphatic heterocycles. The van der Waals surface area contributed by atoms with E-state index in [2.05, 4.69) is 27.0 Å². The Hall–Kier alpha value is -2.14. The molecule has 108 valence electrons. The van der Waals surface area contributed by atoms with Crippen molar-refractivity contribution in [2.45, 2.75) is 19.9 Å². The van der Waals surface area contributed by atoms with E-state index in [1.807, 2.05) is 30.6 Å². The smallest absolute Gasteiger partial charge is 0.261 e. The van der Waals surface area contributed by atoms with E-state index in [1.54, 1.807) is 6.20 Å². The van der Waals surface area contributed by atoms with Crippen LogP contribution in [-0.4, -0.2) is 22.0 Å². The van der Waals surface area contributed by atoms with E-state index in [4.69, 9.17) is 0 Å². The Morgan fingerprint density at radius 1 is 1.43 bits per heavy atom. The van der Waals surface area contributed by atoms with Gasteiger partial charge in [-0.2, -0.15) is 0 Å². The molecule has 0 spiro atoms. The first-order valence-corrected chi connectivity index (χ1v) is 7.85. The second-order valence-corrected chi connectivity index (χ2v) is 5.93. The summed E-state index contributed by atoms with van der Waals surface area (Å²) in [6.45, 7) is 3.52. The van der Waals surface area contributed by atoms with Gasteiger partial charge in [0.05, 0.1) is 4.88 Å². The minimum absolute atomic E-state index is 0.0172. The van der Waals surface area contributed by atoms with Crippen LogP contribution in [0.5, 0.6) is 0 Å². The van der Waals surface area contributed by atoms with Gasteiger partial charge in [0, 0.05) is 30.9 Å². The Kier molecular flexibility index (Phi) is 4.01. The highest BCUT2D eigenvalue weighted by Gasteiger charge is 2.07. The van der Waals surface area contributed by atoms with Crippen LogP contribution in [0, 0.1) is 6.92 Å². The molecule has 3 heterocycles. The summed E-state index contributed by atoms with van der Waals surface area (Å²) in [5.74, 6) is 0.0172. The number of thiophene rings is 1. The maximum atomic E-state index is 11.9. The van der Waals surface area contributed by atoms with Crippen LogP contribution < -0.4 is 5.32 Å². The molecule has 1 N–H and O–H groups in total. The van der Waals surface area contributed by atoms with Crippen LogP contribution >= 0.6 is 11.3 Å². The fourth-order valence-electron chi connectivity index (χ4n) is 2.29. The van der Waals surface area contributed by atoms with Crippen molar-refractivity contribution in [3.8, 4) is 0 Å². The third-order valence-electron chi connectivity index (χ3n) is 3.34. The zero-order chi connectivity index (χ0) is 14.7. The van der Waals surface area contributed by atoms with Gasteiger partial charge in [-0.1, -0.05) is 0 Å². The number of aryl methyl sites for hydroxylation is 2. The molecule has 1 amide bonds. The second-order valence-electron chi connectivity index (χ2n) is 5.02. The summed E-state index contributed by atoms with van der Waals surface area (Å²) >= 11 is 1.49. The van der Waals surface area contributed by atoms with Crippen LogP contribution in [0.3, 0.4) is 0 Å². The lowest BCUT2D eigenvalue weighted by atomic mass is 10.3. The lowest BCUT2D eigenvalue weighted by Gasteiger charge is -2.06. The molecule has 0 atom stereocenters. The highest BCUT2D eigenvalue weighted by molar-refractivity contribution is 7.12. The molecular formula is C16H17N3OS. The number of amides is 1. The molecule has 0 bridgehead atoms. The SMILES string of the molecule is Cc1csc(C(=O)NCCCn2ccc3cccnc32)c1. The van der Waals surface area contributed by atoms with Gasteiger partial charge in [0.2, 0.25) is 0 Å². The van der Waals surface area contributed by atoms with E-state index >= 15 is 0 Å². The van der Waals surface area contributed by atoms with E-state index in [1.165, 1.54) is 11.3 Å². The number of aromatic nitrogens is 2. The summed E-state index contributed by atoms with van der Waals surface area (Å²) in [6, 6.07) is 7.98. The van der Waals surface area contributed by atoms with Gasteiger partial charge in [0.25, 0.3) is 5.91 Å². The van der Waals surface area contributed by atoms with Crippen LogP contribution in [0.2, 0.25) is 0 Å². The van der Waals surface area contributed by atoms with Crippen molar-refractivity contribution in [2.75, 3.05) is 6.54 Å². The van der Waals surface area contributed by atoms with E-state index in [9.17, 15) is 4.79 Å². The summed E-state index contributed by atoms with van der Waals surface area (Å²) in [4.78, 5) is 17.1. The number of carbonyl (C=O) groups excluding carboxylic acids is 1. The van der Waals surface area contributed by atoms with Crippen molar-refractivity contribution in [3.05, 3.63) is 52.5 Å². The molecule has 0 fully saturated rings. The second kappa shape index (κ2) is 6.10. The average molecular weight is 299 g/mol. The van der Waals surface area contributed by atoms with Gasteiger partial charge < -0.3 is 9.88 Å². The Morgan fingerprint density at radius 2 is 2.33 bits per heavy atom. The zero-order valence-corrected chi connectivity index (χ0v) is 12.7. The molecule has 0 aliphatic carbocycles. The first kappa shape index (κ1) is 13.8. The van der Waals surface area contributed by atoms with Crippen molar-refractivity contribution >= 4 is 28.3 Å². The fourth-order valence-corrected chi connectivity index (χ4v) is 3.10. The van der Waals surface area contributed by atoms with Gasteiger partial charge in [-0.25, -0.2) is 4.98 Å². The first-order valence-electron chi connectivity index (χ1n) is 6.97. The molecule has 3 rings (SSSR count). The number of fused-ring (bicyclic) bond motifs is 1. The fraction of sp³-hybridized carbons (Fsp3) is 0.250. The number of carbonyl (C=O) groups is 1. The predicted octanol–water partition coefficient (Wildman–Crippen LogP) is 3.23. The van der Waals surface area contributed by atoms with E-state index in [-0.39, 0.29) is 5.91 Å². The quantitative estimate of drug-likeness (QED) is 0.735. The van der Waals surface area contributed by atoms with Gasteiger partial charge >= 0.3 is 0 Å². The largest absolute Gasteiger partial charge is 0.351 e. The summed E-state index contributed by atoms with van der Waals surface area (Å²) < 4.78 is 2.12. The molecule has 0 aromatic carbocycles. The number of nitrogens with zero attached hydrogens (tertiary/aromatic N) is 2. The average Bonchev–Trinajstić information content (AvgIpc) is 3.10. The monoisotopic (exact) mass is 299 g/mol. The molecule has 3 aromatic rings. The minimum atomic E-state index is 0.0172. The van der Waals surface area contributed by atoms with Crippen LogP contribution in [0.4, 0.5) is 0 Å². The van der Waals surface area contributed by atoms with Gasteiger partial charge in [-0.05, 0) is 48.6 Å². The zero-order valence-electron chi connectivity index (χ0n) is 11.9. The topological polar surface area (TPSA) is 46.9 Å². The van der Waals surface area contributed by atoms with E-state index in [0.717, 1.165) is 34.4 Å². The van der Waals surface area contributed by atoms with Gasteiger partial charge in [0.15, 0.2) is 0 Å². The number of pyridine rings is 1. The molecule has 3 aromatic heterocycles. The third-order valence-corrected chi connectivity index (χ3v) is 4.39. The number of rotatable bonds is 5. The summed E-state index contributed by atoms with van der Waals surface area (Å²) in [6.07, 6.45) is 4.73. The van der Waals surface area contributed by atoms with Crippen molar-refractivity contribution in [3.63, 3.8) is 0 Å². The molecule has 0 saturated heterocycles. The van der Waals surface area contributed by atoms with Crippen molar-refractivity contribution < 1.29 is 4.79 Å². The lowest BCUT2D eigenvalue weighted by Crippen LogP contribution is -2.24. The highest BCUT2D eigenvalue weighted by Crippen LogP contribution is 2.14.